The zero-order valence-electron chi connectivity index (χ0n) is 8.26. The first-order valence-corrected chi connectivity index (χ1v) is 5.69. The zero-order chi connectivity index (χ0) is 10.0. The summed E-state index contributed by atoms with van der Waals surface area (Å²) in [4.78, 5) is 8.34. The molecule has 0 saturated heterocycles. The van der Waals surface area contributed by atoms with E-state index in [0.29, 0.717) is 5.41 Å². The number of aromatic nitrogens is 2. The maximum atomic E-state index is 4.17. The quantitative estimate of drug-likeness (QED) is 0.903. The minimum absolute atomic E-state index is 0.469. The first kappa shape index (κ1) is 9.90. The number of hydrogen-bond donors (Lipinski definition) is 1. The first-order chi connectivity index (χ1) is 6.68. The highest BCUT2D eigenvalue weighted by molar-refractivity contribution is 9.10. The summed E-state index contributed by atoms with van der Waals surface area (Å²) in [6.45, 7) is 3.29. The summed E-state index contributed by atoms with van der Waals surface area (Å²) < 4.78 is 0.915. The van der Waals surface area contributed by atoms with E-state index in [9.17, 15) is 0 Å². The van der Waals surface area contributed by atoms with Crippen molar-refractivity contribution in [2.75, 3.05) is 11.9 Å². The Bertz CT molecular complexity index is 306. The summed E-state index contributed by atoms with van der Waals surface area (Å²) in [5.41, 5.74) is 0.469. The number of nitrogens with one attached hydrogen (secondary N) is 1. The molecule has 0 aromatic carbocycles. The highest BCUT2D eigenvalue weighted by Crippen LogP contribution is 2.39. The average Bonchev–Trinajstić information content (AvgIpc) is 2.14. The second-order valence-electron chi connectivity index (χ2n) is 4.24. The Morgan fingerprint density at radius 3 is 2.57 bits per heavy atom. The smallest absolute Gasteiger partial charge is 0.222 e. The molecule has 0 radical (unpaired) electrons. The second kappa shape index (κ2) is 3.85. The monoisotopic (exact) mass is 255 g/mol. The molecule has 2 rings (SSSR count). The lowest BCUT2D eigenvalue weighted by atomic mass is 9.70. The van der Waals surface area contributed by atoms with Crippen molar-refractivity contribution in [2.24, 2.45) is 5.41 Å². The summed E-state index contributed by atoms with van der Waals surface area (Å²) in [5, 5.41) is 3.27. The highest BCUT2D eigenvalue weighted by Gasteiger charge is 2.31. The van der Waals surface area contributed by atoms with Crippen molar-refractivity contribution < 1.29 is 0 Å². The summed E-state index contributed by atoms with van der Waals surface area (Å²) in [5.74, 6) is 0.723. The van der Waals surface area contributed by atoms with Crippen LogP contribution in [0.3, 0.4) is 0 Å². The highest BCUT2D eigenvalue weighted by atomic mass is 79.9. The Morgan fingerprint density at radius 2 is 2.07 bits per heavy atom. The molecule has 0 aliphatic heterocycles. The maximum Gasteiger partial charge on any atom is 0.222 e. The van der Waals surface area contributed by atoms with Crippen LogP contribution in [0.15, 0.2) is 16.9 Å². The average molecular weight is 256 g/mol. The van der Waals surface area contributed by atoms with Crippen LogP contribution in [0, 0.1) is 5.41 Å². The fraction of sp³-hybridized carbons (Fsp3) is 0.600. The van der Waals surface area contributed by atoms with Crippen LogP contribution in [0.2, 0.25) is 0 Å². The summed E-state index contributed by atoms with van der Waals surface area (Å²) in [6, 6.07) is 0. The van der Waals surface area contributed by atoms with E-state index in [0.717, 1.165) is 17.0 Å². The molecule has 0 unspecified atom stereocenters. The predicted molar refractivity (Wildman–Crippen MR) is 60.2 cm³/mol. The zero-order valence-corrected chi connectivity index (χ0v) is 9.84. The molecule has 1 heterocycles. The topological polar surface area (TPSA) is 37.8 Å². The molecule has 1 aliphatic rings. The minimum Gasteiger partial charge on any atom is -0.354 e. The maximum absolute atomic E-state index is 4.17. The van der Waals surface area contributed by atoms with Gasteiger partial charge in [0, 0.05) is 18.9 Å². The van der Waals surface area contributed by atoms with Gasteiger partial charge in [-0.3, -0.25) is 0 Å². The van der Waals surface area contributed by atoms with Crippen molar-refractivity contribution in [3.05, 3.63) is 16.9 Å². The molecule has 0 amide bonds. The third-order valence-corrected chi connectivity index (χ3v) is 3.26. The Morgan fingerprint density at radius 1 is 1.43 bits per heavy atom. The van der Waals surface area contributed by atoms with E-state index in [-0.39, 0.29) is 0 Å². The third-order valence-electron chi connectivity index (χ3n) is 2.85. The standard InChI is InChI=1S/C10H14BrN3/c1-10(3-2-4-10)7-14-9-12-5-8(11)6-13-9/h5-6H,2-4,7H2,1H3,(H,12,13,14). The van der Waals surface area contributed by atoms with E-state index in [1.165, 1.54) is 19.3 Å². The van der Waals surface area contributed by atoms with Gasteiger partial charge >= 0.3 is 0 Å². The number of hydrogen-bond acceptors (Lipinski definition) is 3. The fourth-order valence-electron chi connectivity index (χ4n) is 1.65. The summed E-state index contributed by atoms with van der Waals surface area (Å²) in [7, 11) is 0. The summed E-state index contributed by atoms with van der Waals surface area (Å²) >= 11 is 3.31. The molecule has 1 aromatic rings. The second-order valence-corrected chi connectivity index (χ2v) is 5.16. The molecule has 1 fully saturated rings. The lowest BCUT2D eigenvalue weighted by Crippen LogP contribution is -2.33. The summed E-state index contributed by atoms with van der Waals surface area (Å²) in [6.07, 6.45) is 7.52. The van der Waals surface area contributed by atoms with Crippen LogP contribution in [-0.4, -0.2) is 16.5 Å². The molecular weight excluding hydrogens is 242 g/mol. The predicted octanol–water partition coefficient (Wildman–Crippen LogP) is 2.84. The van der Waals surface area contributed by atoms with Gasteiger partial charge < -0.3 is 5.32 Å². The lowest BCUT2D eigenvalue weighted by Gasteiger charge is -2.38. The van der Waals surface area contributed by atoms with Crippen molar-refractivity contribution in [3.63, 3.8) is 0 Å². The third kappa shape index (κ3) is 2.23. The van der Waals surface area contributed by atoms with Crippen molar-refractivity contribution in [1.29, 1.82) is 0 Å². The fourth-order valence-corrected chi connectivity index (χ4v) is 1.86. The van der Waals surface area contributed by atoms with Crippen molar-refractivity contribution >= 4 is 21.9 Å². The largest absolute Gasteiger partial charge is 0.354 e. The lowest BCUT2D eigenvalue weighted by molar-refractivity contribution is 0.179. The van der Waals surface area contributed by atoms with Gasteiger partial charge in [0.1, 0.15) is 0 Å². The van der Waals surface area contributed by atoms with Crippen LogP contribution >= 0.6 is 15.9 Å². The van der Waals surface area contributed by atoms with Gasteiger partial charge in [0.15, 0.2) is 0 Å². The molecule has 1 N–H and O–H groups in total. The molecular formula is C10H14BrN3. The van der Waals surface area contributed by atoms with E-state index in [2.05, 4.69) is 38.1 Å². The van der Waals surface area contributed by atoms with E-state index < -0.39 is 0 Å². The Kier molecular flexibility index (Phi) is 2.72. The van der Waals surface area contributed by atoms with Gasteiger partial charge in [-0.2, -0.15) is 0 Å². The number of anilines is 1. The number of rotatable bonds is 3. The van der Waals surface area contributed by atoms with Gasteiger partial charge in [-0.25, -0.2) is 9.97 Å². The molecule has 0 atom stereocenters. The van der Waals surface area contributed by atoms with Gasteiger partial charge in [-0.1, -0.05) is 13.3 Å². The normalized spacial score (nSPS) is 18.7. The van der Waals surface area contributed by atoms with E-state index in [1.54, 1.807) is 12.4 Å². The van der Waals surface area contributed by atoms with Crippen LogP contribution in [0.5, 0.6) is 0 Å². The van der Waals surface area contributed by atoms with Gasteiger partial charge in [-0.15, -0.1) is 0 Å². The van der Waals surface area contributed by atoms with Crippen molar-refractivity contribution in [1.82, 2.24) is 9.97 Å². The van der Waals surface area contributed by atoms with E-state index >= 15 is 0 Å². The first-order valence-electron chi connectivity index (χ1n) is 4.89. The molecule has 1 aliphatic carbocycles. The van der Waals surface area contributed by atoms with Crippen molar-refractivity contribution in [3.8, 4) is 0 Å². The van der Waals surface area contributed by atoms with Gasteiger partial charge in [0.25, 0.3) is 0 Å². The SMILES string of the molecule is CC1(CNc2ncc(Br)cn2)CCC1. The van der Waals surface area contributed by atoms with Gasteiger partial charge in [0.05, 0.1) is 4.47 Å². The van der Waals surface area contributed by atoms with Gasteiger partial charge in [-0.05, 0) is 34.2 Å². The van der Waals surface area contributed by atoms with E-state index in [4.69, 9.17) is 0 Å². The molecule has 3 nitrogen and oxygen atoms in total. The van der Waals surface area contributed by atoms with Crippen LogP contribution < -0.4 is 5.32 Å². The molecule has 0 bridgehead atoms. The van der Waals surface area contributed by atoms with Crippen LogP contribution in [0.1, 0.15) is 26.2 Å². The Balaban J connectivity index is 1.88. The number of nitrogens with zero attached hydrogens (tertiary/aromatic N) is 2. The molecule has 1 saturated carbocycles. The molecule has 76 valence electrons. The van der Waals surface area contributed by atoms with E-state index in [1.807, 2.05) is 0 Å². The Hall–Kier alpha value is -0.640. The Labute approximate surface area is 92.5 Å². The molecule has 4 heteroatoms. The minimum atomic E-state index is 0.469. The molecule has 0 spiro atoms. The van der Waals surface area contributed by atoms with Crippen LogP contribution in [0.25, 0.3) is 0 Å². The molecule has 1 aromatic heterocycles. The van der Waals surface area contributed by atoms with Crippen molar-refractivity contribution in [2.45, 2.75) is 26.2 Å². The van der Waals surface area contributed by atoms with Crippen LogP contribution in [0.4, 0.5) is 5.95 Å². The molecule has 14 heavy (non-hydrogen) atoms. The van der Waals surface area contributed by atoms with Gasteiger partial charge in [0.2, 0.25) is 5.95 Å². The number of halogens is 1. The van der Waals surface area contributed by atoms with Crippen LogP contribution in [-0.2, 0) is 0 Å².